The minimum absolute atomic E-state index is 0.0451. The fourth-order valence-corrected chi connectivity index (χ4v) is 3.79. The number of carbonyl (C=O) groups is 1. The fraction of sp³-hybridized carbons (Fsp3) is 0.391. The summed E-state index contributed by atoms with van der Waals surface area (Å²) in [5.41, 5.74) is 2.57. The van der Waals surface area contributed by atoms with Crippen molar-refractivity contribution in [3.8, 4) is 11.5 Å². The van der Waals surface area contributed by atoms with Gasteiger partial charge in [-0.3, -0.25) is 4.79 Å². The summed E-state index contributed by atoms with van der Waals surface area (Å²) in [5, 5.41) is 3.06. The number of nitrogens with one attached hydrogen (secondary N) is 1. The van der Waals surface area contributed by atoms with Gasteiger partial charge < -0.3 is 24.1 Å². The van der Waals surface area contributed by atoms with Crippen molar-refractivity contribution in [2.45, 2.75) is 26.3 Å². The molecule has 3 aromatic rings. The molecule has 7 heteroatoms. The van der Waals surface area contributed by atoms with Gasteiger partial charge in [-0.2, -0.15) is 4.98 Å². The van der Waals surface area contributed by atoms with Crippen molar-refractivity contribution in [2.75, 3.05) is 31.7 Å². The first kappa shape index (κ1) is 20.1. The Morgan fingerprint density at radius 3 is 2.93 bits per heavy atom. The van der Waals surface area contributed by atoms with Crippen LogP contribution in [0.25, 0.3) is 11.1 Å². The summed E-state index contributed by atoms with van der Waals surface area (Å²) in [6.07, 6.45) is 1.78. The first-order valence-electron chi connectivity index (χ1n) is 10.4. The number of aromatic nitrogens is 1. The van der Waals surface area contributed by atoms with Gasteiger partial charge in [-0.05, 0) is 49.6 Å². The molecule has 1 aliphatic rings. The molecule has 1 N–H and O–H groups in total. The monoisotopic (exact) mass is 409 g/mol. The maximum Gasteiger partial charge on any atom is 0.298 e. The lowest BCUT2D eigenvalue weighted by atomic mass is 9.97. The molecule has 1 aliphatic heterocycles. The Balaban J connectivity index is 1.37. The number of anilines is 1. The van der Waals surface area contributed by atoms with Crippen molar-refractivity contribution in [1.29, 1.82) is 0 Å². The number of rotatable bonds is 7. The molecule has 4 rings (SSSR count). The van der Waals surface area contributed by atoms with E-state index >= 15 is 0 Å². The summed E-state index contributed by atoms with van der Waals surface area (Å²) >= 11 is 0. The molecule has 2 aromatic carbocycles. The quantitative estimate of drug-likeness (QED) is 0.640. The molecule has 1 amide bonds. The van der Waals surface area contributed by atoms with Gasteiger partial charge in [0.05, 0.1) is 19.6 Å². The van der Waals surface area contributed by atoms with E-state index in [2.05, 4.69) is 15.2 Å². The molecular weight excluding hydrogens is 382 g/mol. The summed E-state index contributed by atoms with van der Waals surface area (Å²) < 4.78 is 16.8. The topological polar surface area (TPSA) is 76.8 Å². The third-order valence-electron chi connectivity index (χ3n) is 5.34. The van der Waals surface area contributed by atoms with Crippen LogP contribution in [0.2, 0.25) is 0 Å². The van der Waals surface area contributed by atoms with Crippen molar-refractivity contribution < 1.29 is 18.7 Å². The molecule has 1 saturated heterocycles. The van der Waals surface area contributed by atoms with Gasteiger partial charge in [-0.1, -0.05) is 18.2 Å². The van der Waals surface area contributed by atoms with E-state index in [-0.39, 0.29) is 11.8 Å². The smallest absolute Gasteiger partial charge is 0.298 e. The van der Waals surface area contributed by atoms with E-state index in [4.69, 9.17) is 13.9 Å². The molecule has 7 nitrogen and oxygen atoms in total. The second-order valence-corrected chi connectivity index (χ2v) is 7.39. The van der Waals surface area contributed by atoms with Gasteiger partial charge in [-0.15, -0.1) is 0 Å². The number of carbonyl (C=O) groups excluding carboxylic acids is 1. The highest BCUT2D eigenvalue weighted by atomic mass is 16.5. The highest BCUT2D eigenvalue weighted by molar-refractivity contribution is 5.80. The molecule has 0 unspecified atom stereocenters. The zero-order chi connectivity index (χ0) is 20.9. The van der Waals surface area contributed by atoms with Crippen LogP contribution in [0.3, 0.4) is 0 Å². The second kappa shape index (κ2) is 9.07. The van der Waals surface area contributed by atoms with Crippen LogP contribution in [-0.2, 0) is 11.3 Å². The van der Waals surface area contributed by atoms with Crippen molar-refractivity contribution in [2.24, 2.45) is 5.92 Å². The standard InChI is InChI=1S/C23H27N3O4/c1-3-29-20-11-10-16(13-21(20)28-2)14-24-22(27)17-7-6-12-26(15-17)23-25-18-8-4-5-9-19(18)30-23/h4-5,8-11,13,17H,3,6-7,12,14-15H2,1-2H3,(H,24,27)/t17-/m1/s1. The number of piperidine rings is 1. The summed E-state index contributed by atoms with van der Waals surface area (Å²) in [4.78, 5) is 19.4. The Morgan fingerprint density at radius 1 is 1.27 bits per heavy atom. The summed E-state index contributed by atoms with van der Waals surface area (Å²) in [7, 11) is 1.61. The number of ether oxygens (including phenoxy) is 2. The van der Waals surface area contributed by atoms with Crippen molar-refractivity contribution in [1.82, 2.24) is 10.3 Å². The highest BCUT2D eigenvalue weighted by Gasteiger charge is 2.28. The Bertz CT molecular complexity index is 984. The van der Waals surface area contributed by atoms with E-state index in [0.717, 1.165) is 36.0 Å². The molecule has 30 heavy (non-hydrogen) atoms. The van der Waals surface area contributed by atoms with Gasteiger partial charge >= 0.3 is 0 Å². The molecule has 0 radical (unpaired) electrons. The van der Waals surface area contributed by atoms with Crippen molar-refractivity contribution >= 4 is 23.0 Å². The summed E-state index contributed by atoms with van der Waals surface area (Å²) in [6.45, 7) is 4.39. The van der Waals surface area contributed by atoms with E-state index in [9.17, 15) is 4.79 Å². The largest absolute Gasteiger partial charge is 0.493 e. The van der Waals surface area contributed by atoms with Crippen LogP contribution in [0.5, 0.6) is 11.5 Å². The van der Waals surface area contributed by atoms with Gasteiger partial charge in [0.25, 0.3) is 6.01 Å². The number of oxazole rings is 1. The van der Waals surface area contributed by atoms with E-state index in [0.29, 0.717) is 37.2 Å². The summed E-state index contributed by atoms with van der Waals surface area (Å²) in [5.74, 6) is 1.32. The number of hydrogen-bond acceptors (Lipinski definition) is 6. The Morgan fingerprint density at radius 2 is 2.13 bits per heavy atom. The van der Waals surface area contributed by atoms with Crippen LogP contribution < -0.4 is 19.7 Å². The Labute approximate surface area is 176 Å². The fourth-order valence-electron chi connectivity index (χ4n) is 3.79. The Kier molecular flexibility index (Phi) is 6.07. The van der Waals surface area contributed by atoms with Gasteiger partial charge in [0.1, 0.15) is 5.52 Å². The first-order chi connectivity index (χ1) is 14.7. The number of para-hydroxylation sites is 2. The maximum absolute atomic E-state index is 12.8. The SMILES string of the molecule is CCOc1ccc(CNC(=O)[C@@H]2CCCN(c3nc4ccccc4o3)C2)cc1OC. The lowest BCUT2D eigenvalue weighted by Crippen LogP contribution is -2.43. The van der Waals surface area contributed by atoms with Crippen LogP contribution >= 0.6 is 0 Å². The van der Waals surface area contributed by atoms with Crippen molar-refractivity contribution in [3.63, 3.8) is 0 Å². The normalized spacial score (nSPS) is 16.5. The number of fused-ring (bicyclic) bond motifs is 1. The zero-order valence-electron chi connectivity index (χ0n) is 17.4. The molecule has 1 atom stereocenters. The number of methoxy groups -OCH3 is 1. The van der Waals surface area contributed by atoms with Gasteiger partial charge in [0.15, 0.2) is 17.1 Å². The molecule has 0 bridgehead atoms. The van der Waals surface area contributed by atoms with Gasteiger partial charge in [0, 0.05) is 19.6 Å². The van der Waals surface area contributed by atoms with E-state index in [1.165, 1.54) is 0 Å². The minimum atomic E-state index is -0.0987. The lowest BCUT2D eigenvalue weighted by Gasteiger charge is -2.30. The van der Waals surface area contributed by atoms with Crippen LogP contribution in [-0.4, -0.2) is 37.7 Å². The third-order valence-corrected chi connectivity index (χ3v) is 5.34. The van der Waals surface area contributed by atoms with Crippen LogP contribution in [0, 0.1) is 5.92 Å². The van der Waals surface area contributed by atoms with Crippen molar-refractivity contribution in [3.05, 3.63) is 48.0 Å². The predicted octanol–water partition coefficient (Wildman–Crippen LogP) is 3.77. The molecule has 1 fully saturated rings. The number of hydrogen-bond donors (Lipinski definition) is 1. The maximum atomic E-state index is 12.8. The number of benzene rings is 2. The van der Waals surface area contributed by atoms with Crippen LogP contribution in [0.1, 0.15) is 25.3 Å². The number of amides is 1. The van der Waals surface area contributed by atoms with Gasteiger partial charge in [-0.25, -0.2) is 0 Å². The number of nitrogens with zero attached hydrogens (tertiary/aromatic N) is 2. The molecular formula is C23H27N3O4. The molecule has 0 spiro atoms. The first-order valence-corrected chi connectivity index (χ1v) is 10.4. The molecule has 0 saturated carbocycles. The van der Waals surface area contributed by atoms with E-state index in [1.807, 2.05) is 49.4 Å². The predicted molar refractivity (Wildman–Crippen MR) is 115 cm³/mol. The average molecular weight is 409 g/mol. The van der Waals surface area contributed by atoms with E-state index in [1.54, 1.807) is 7.11 Å². The van der Waals surface area contributed by atoms with E-state index < -0.39 is 0 Å². The average Bonchev–Trinajstić information content (AvgIpc) is 3.23. The van der Waals surface area contributed by atoms with Crippen LogP contribution in [0.4, 0.5) is 6.01 Å². The molecule has 1 aromatic heterocycles. The zero-order valence-corrected chi connectivity index (χ0v) is 17.4. The molecule has 2 heterocycles. The van der Waals surface area contributed by atoms with Crippen LogP contribution in [0.15, 0.2) is 46.9 Å². The Hall–Kier alpha value is -3.22. The lowest BCUT2D eigenvalue weighted by molar-refractivity contribution is -0.125. The third kappa shape index (κ3) is 4.35. The second-order valence-electron chi connectivity index (χ2n) is 7.39. The molecule has 0 aliphatic carbocycles. The van der Waals surface area contributed by atoms with Gasteiger partial charge in [0.2, 0.25) is 5.91 Å². The highest BCUT2D eigenvalue weighted by Crippen LogP contribution is 2.29. The molecule has 158 valence electrons. The summed E-state index contributed by atoms with van der Waals surface area (Å²) in [6, 6.07) is 14.0. The minimum Gasteiger partial charge on any atom is -0.493 e.